The van der Waals surface area contributed by atoms with Gasteiger partial charge in [0.15, 0.2) is 11.6 Å². The van der Waals surface area contributed by atoms with Crippen LogP contribution in [0.5, 0.6) is 0 Å². The molecule has 0 atom stereocenters. The van der Waals surface area contributed by atoms with E-state index in [0.29, 0.717) is 13.2 Å². The van der Waals surface area contributed by atoms with Crippen LogP contribution in [-0.2, 0) is 14.9 Å². The van der Waals surface area contributed by atoms with Gasteiger partial charge in [-0.3, -0.25) is 14.1 Å². The number of hydrogen-bond acceptors (Lipinski definition) is 13. The third-order valence-corrected chi connectivity index (χ3v) is 7.40. The molecule has 4 rings (SSSR count). The first-order chi connectivity index (χ1) is 19.8. The molecule has 224 valence electrons. The number of fused-ring (bicyclic) bond motifs is 2. The molecule has 7 N–H and O–H groups in total. The highest BCUT2D eigenvalue weighted by atomic mass is 35.5. The third-order valence-electron chi connectivity index (χ3n) is 6.33. The number of aliphatic hydroxyl groups excluding tert-OH is 1. The van der Waals surface area contributed by atoms with E-state index >= 15 is 0 Å². The van der Waals surface area contributed by atoms with Gasteiger partial charge in [-0.15, -0.1) is 0 Å². The molecule has 2 aromatic carbocycles. The molecule has 16 heteroatoms. The van der Waals surface area contributed by atoms with Crippen LogP contribution in [0.4, 0.5) is 23.3 Å². The lowest BCUT2D eigenvalue weighted by Crippen LogP contribution is -2.33. The summed E-state index contributed by atoms with van der Waals surface area (Å²) in [5.41, 5.74) is 4.89. The number of benzene rings is 2. The molecule has 1 heterocycles. The van der Waals surface area contributed by atoms with E-state index in [-0.39, 0.29) is 71.4 Å². The zero-order valence-electron chi connectivity index (χ0n) is 22.8. The standard InChI is InChI=1S/C26H30ClN7O7S/c1-26(2,13-31-25-33-23(27)32-24(34-25)29-7-9-41-10-8-35)12-30-16-11-17(42(38,39)40)20(28)19-18(16)21(36)14-5-3-4-6-15(14)22(19)37/h3-6,11,30,35H,7-10,12-13,28H2,1-2H3,(H,38,39,40)(H2,29,31,32,33,34). The fourth-order valence-corrected chi connectivity index (χ4v) is 5.08. The molecular formula is C26H30ClN7O7S. The van der Waals surface area contributed by atoms with Crippen molar-refractivity contribution >= 4 is 56.6 Å². The molecule has 14 nitrogen and oxygen atoms in total. The number of carbonyl (C=O) groups excluding carboxylic acids is 2. The minimum atomic E-state index is -4.83. The second-order valence-corrected chi connectivity index (χ2v) is 11.9. The molecule has 0 radical (unpaired) electrons. The lowest BCUT2D eigenvalue weighted by molar-refractivity contribution is 0.0980. The van der Waals surface area contributed by atoms with Crippen molar-refractivity contribution in [3.8, 4) is 0 Å². The quantitative estimate of drug-likeness (QED) is 0.0717. The molecule has 0 spiro atoms. The number of nitrogens with zero attached hydrogens (tertiary/aromatic N) is 3. The zero-order chi connectivity index (χ0) is 30.7. The van der Waals surface area contributed by atoms with E-state index in [4.69, 9.17) is 27.2 Å². The average Bonchev–Trinajstić information content (AvgIpc) is 2.93. The maximum Gasteiger partial charge on any atom is 0.296 e. The highest BCUT2D eigenvalue weighted by Crippen LogP contribution is 2.39. The monoisotopic (exact) mass is 619 g/mol. The van der Waals surface area contributed by atoms with Gasteiger partial charge in [-0.05, 0) is 23.1 Å². The summed E-state index contributed by atoms with van der Waals surface area (Å²) < 4.78 is 39.3. The Balaban J connectivity index is 1.54. The van der Waals surface area contributed by atoms with Crippen molar-refractivity contribution in [3.05, 3.63) is 57.9 Å². The fraction of sp³-hybridized carbons (Fsp3) is 0.346. The van der Waals surface area contributed by atoms with E-state index in [1.807, 2.05) is 13.8 Å². The minimum Gasteiger partial charge on any atom is -0.397 e. The van der Waals surface area contributed by atoms with Gasteiger partial charge in [0.05, 0.1) is 36.6 Å². The van der Waals surface area contributed by atoms with Gasteiger partial charge in [0.1, 0.15) is 4.90 Å². The van der Waals surface area contributed by atoms with E-state index in [1.165, 1.54) is 12.1 Å². The maximum absolute atomic E-state index is 13.5. The van der Waals surface area contributed by atoms with Gasteiger partial charge in [-0.1, -0.05) is 38.1 Å². The first-order valence-corrected chi connectivity index (χ1v) is 14.6. The Morgan fingerprint density at radius 1 is 0.952 bits per heavy atom. The Labute approximate surface area is 246 Å². The predicted molar refractivity (Wildman–Crippen MR) is 156 cm³/mol. The van der Waals surface area contributed by atoms with Crippen LogP contribution in [0.2, 0.25) is 5.28 Å². The summed E-state index contributed by atoms with van der Waals surface area (Å²) in [5.74, 6) is -0.717. The molecule has 42 heavy (non-hydrogen) atoms. The van der Waals surface area contributed by atoms with Gasteiger partial charge in [-0.25, -0.2) is 0 Å². The number of rotatable bonds is 13. The number of nitrogens with one attached hydrogen (secondary N) is 3. The van der Waals surface area contributed by atoms with Gasteiger partial charge in [0.25, 0.3) is 10.1 Å². The number of aromatic nitrogens is 3. The molecule has 0 bridgehead atoms. The van der Waals surface area contributed by atoms with Gasteiger partial charge in [0, 0.05) is 36.4 Å². The molecule has 0 unspecified atom stereocenters. The van der Waals surface area contributed by atoms with Gasteiger partial charge < -0.3 is 31.5 Å². The number of ketones is 2. The average molecular weight is 620 g/mol. The van der Waals surface area contributed by atoms with Crippen LogP contribution >= 0.6 is 11.6 Å². The first kappa shape index (κ1) is 31.1. The van der Waals surface area contributed by atoms with Crippen molar-refractivity contribution in [2.45, 2.75) is 18.7 Å². The molecule has 0 saturated carbocycles. The number of ether oxygens (including phenoxy) is 1. The van der Waals surface area contributed by atoms with Crippen LogP contribution in [0.1, 0.15) is 45.7 Å². The largest absolute Gasteiger partial charge is 0.397 e. The lowest BCUT2D eigenvalue weighted by Gasteiger charge is -2.28. The van der Waals surface area contributed by atoms with Crippen molar-refractivity contribution in [2.24, 2.45) is 5.41 Å². The Hall–Kier alpha value is -3.89. The van der Waals surface area contributed by atoms with E-state index < -0.39 is 37.7 Å². The fourth-order valence-electron chi connectivity index (χ4n) is 4.27. The van der Waals surface area contributed by atoms with Crippen molar-refractivity contribution in [1.82, 2.24) is 15.0 Å². The maximum atomic E-state index is 13.5. The molecule has 0 amide bonds. The summed E-state index contributed by atoms with van der Waals surface area (Å²) >= 11 is 6.04. The minimum absolute atomic E-state index is 0.0332. The van der Waals surface area contributed by atoms with Crippen LogP contribution in [0, 0.1) is 5.41 Å². The summed E-state index contributed by atoms with van der Waals surface area (Å²) in [6, 6.07) is 7.22. The van der Waals surface area contributed by atoms with Gasteiger partial charge in [-0.2, -0.15) is 23.4 Å². The number of hydrogen-bond donors (Lipinski definition) is 6. The molecule has 0 saturated heterocycles. The summed E-state index contributed by atoms with van der Waals surface area (Å²) in [4.78, 5) is 38.5. The Morgan fingerprint density at radius 2 is 1.55 bits per heavy atom. The second-order valence-electron chi connectivity index (χ2n) is 10.2. The Bertz CT molecular complexity index is 1630. The Morgan fingerprint density at radius 3 is 2.17 bits per heavy atom. The number of nitrogens with two attached hydrogens (primary N) is 1. The molecule has 1 aliphatic carbocycles. The van der Waals surface area contributed by atoms with E-state index in [1.54, 1.807) is 12.1 Å². The summed E-state index contributed by atoms with van der Waals surface area (Å²) in [7, 11) is -4.83. The summed E-state index contributed by atoms with van der Waals surface area (Å²) in [6.45, 7) is 5.04. The van der Waals surface area contributed by atoms with Crippen LogP contribution in [0.3, 0.4) is 0 Å². The summed E-state index contributed by atoms with van der Waals surface area (Å²) in [6.07, 6.45) is 0. The number of carbonyl (C=O) groups is 2. The first-order valence-electron chi connectivity index (χ1n) is 12.8. The van der Waals surface area contributed by atoms with Crippen molar-refractivity contribution in [2.75, 3.05) is 61.1 Å². The highest BCUT2D eigenvalue weighted by Gasteiger charge is 2.36. The van der Waals surface area contributed by atoms with Crippen LogP contribution in [0.15, 0.2) is 35.2 Å². The smallest absolute Gasteiger partial charge is 0.296 e. The molecular weight excluding hydrogens is 590 g/mol. The van der Waals surface area contributed by atoms with E-state index in [0.717, 1.165) is 6.07 Å². The number of aliphatic hydroxyl groups is 1. The Kier molecular flexibility index (Phi) is 9.27. The highest BCUT2D eigenvalue weighted by molar-refractivity contribution is 7.86. The van der Waals surface area contributed by atoms with Crippen molar-refractivity contribution in [3.63, 3.8) is 0 Å². The van der Waals surface area contributed by atoms with Crippen LogP contribution in [-0.4, -0.2) is 84.1 Å². The SMILES string of the molecule is CC(C)(CNc1nc(Cl)nc(NCCOCCO)n1)CNc1cc(S(=O)(=O)O)c(N)c2c1C(=O)c1ccccc1C2=O. The normalized spacial score (nSPS) is 13.0. The van der Waals surface area contributed by atoms with Gasteiger partial charge >= 0.3 is 0 Å². The molecule has 3 aromatic rings. The molecule has 0 aliphatic heterocycles. The lowest BCUT2D eigenvalue weighted by atomic mass is 9.82. The molecule has 0 fully saturated rings. The predicted octanol–water partition coefficient (Wildman–Crippen LogP) is 2.10. The van der Waals surface area contributed by atoms with Crippen LogP contribution < -0.4 is 21.7 Å². The zero-order valence-corrected chi connectivity index (χ0v) is 24.3. The number of halogens is 1. The summed E-state index contributed by atoms with van der Waals surface area (Å²) in [5, 5.41) is 17.8. The number of anilines is 4. The van der Waals surface area contributed by atoms with E-state index in [9.17, 15) is 22.6 Å². The van der Waals surface area contributed by atoms with Gasteiger partial charge in [0.2, 0.25) is 17.2 Å². The third kappa shape index (κ3) is 6.94. The van der Waals surface area contributed by atoms with Crippen molar-refractivity contribution in [1.29, 1.82) is 0 Å². The second kappa shape index (κ2) is 12.5. The molecule has 1 aliphatic rings. The molecule has 1 aromatic heterocycles. The van der Waals surface area contributed by atoms with Crippen molar-refractivity contribution < 1.29 is 32.4 Å². The van der Waals surface area contributed by atoms with E-state index in [2.05, 4.69) is 30.9 Å². The number of nitrogen functional groups attached to an aromatic ring is 1. The van der Waals surface area contributed by atoms with Crippen LogP contribution in [0.25, 0.3) is 0 Å². The topological polar surface area (TPSA) is 219 Å².